The molecule has 1 aliphatic heterocycles. The molecular weight excluding hydrogens is 985 g/mol. The van der Waals surface area contributed by atoms with Gasteiger partial charge in [-0.3, -0.25) is 53.1 Å². The van der Waals surface area contributed by atoms with E-state index in [1.807, 2.05) is 24.3 Å². The molecule has 9 amide bonds. The molecule has 2 heterocycles. The number of fused-ring (bicyclic) bond motifs is 1. The summed E-state index contributed by atoms with van der Waals surface area (Å²) in [5.74, 6) is -7.53. The number of primary amides is 2. The Morgan fingerprint density at radius 1 is 0.685 bits per heavy atom. The van der Waals surface area contributed by atoms with Gasteiger partial charge in [0.15, 0.2) is 11.9 Å². The van der Waals surface area contributed by atoms with E-state index in [0.717, 1.165) is 21.7 Å². The number of hydrogen-bond donors (Lipinski definition) is 14. The second-order valence-electron chi connectivity index (χ2n) is 17.1. The summed E-state index contributed by atoms with van der Waals surface area (Å²) in [4.78, 5) is 134. The highest BCUT2D eigenvalue weighted by molar-refractivity contribution is 8.76. The fourth-order valence-corrected chi connectivity index (χ4v) is 9.84. The molecule has 0 saturated carbocycles. The second kappa shape index (κ2) is 29.7. The molecular formula is C46H66N16O9S2. The zero-order valence-corrected chi connectivity index (χ0v) is 42.0. The van der Waals surface area contributed by atoms with E-state index in [0.29, 0.717) is 11.1 Å². The molecule has 0 unspecified atom stereocenters. The Bertz CT molecular complexity index is 2470. The van der Waals surface area contributed by atoms with Crippen LogP contribution in [0.5, 0.6) is 0 Å². The summed E-state index contributed by atoms with van der Waals surface area (Å²) in [6.45, 7) is 1.40. The molecule has 0 bridgehead atoms. The number of H-pyrrole nitrogens is 1. The Hall–Kier alpha value is -7.55. The number of aliphatic imine (C=N–C) groups is 2. The van der Waals surface area contributed by atoms with Gasteiger partial charge in [-0.25, -0.2) is 0 Å². The maximum atomic E-state index is 14.5. The number of amides is 9. The number of carbonyl (C=O) groups is 9. The van der Waals surface area contributed by atoms with Gasteiger partial charge in [0.25, 0.3) is 0 Å². The lowest BCUT2D eigenvalue weighted by molar-refractivity contribution is -0.136. The molecule has 25 nitrogen and oxygen atoms in total. The molecule has 3 aromatic rings. The number of nitrogens with one attached hydrogen (secondary N) is 8. The fourth-order valence-electron chi connectivity index (χ4n) is 7.57. The molecule has 1 aliphatic rings. The van der Waals surface area contributed by atoms with Crippen molar-refractivity contribution in [2.75, 3.05) is 24.6 Å². The van der Waals surface area contributed by atoms with E-state index in [2.05, 4.69) is 52.2 Å². The van der Waals surface area contributed by atoms with Crippen molar-refractivity contribution in [3.63, 3.8) is 0 Å². The average Bonchev–Trinajstić information content (AvgIpc) is 3.75. The van der Waals surface area contributed by atoms with Crippen LogP contribution in [0.15, 0.2) is 70.8 Å². The summed E-state index contributed by atoms with van der Waals surface area (Å²) in [6, 6.07) is 6.47. The molecule has 0 spiro atoms. The van der Waals surface area contributed by atoms with Gasteiger partial charge in [0.2, 0.25) is 53.2 Å². The number of nitrogens with zero attached hydrogens (tertiary/aromatic N) is 2. The number of carbonyl (C=O) groups excluding carboxylic acids is 9. The normalized spacial score (nSPS) is 21.0. The molecule has 396 valence electrons. The zero-order chi connectivity index (χ0) is 53.5. The first-order chi connectivity index (χ1) is 34.8. The zero-order valence-electron chi connectivity index (χ0n) is 40.4. The lowest BCUT2D eigenvalue weighted by Gasteiger charge is -2.28. The number of guanidine groups is 2. The van der Waals surface area contributed by atoms with E-state index in [4.69, 9.17) is 34.4 Å². The van der Waals surface area contributed by atoms with Gasteiger partial charge >= 0.3 is 0 Å². The minimum atomic E-state index is -1.51. The van der Waals surface area contributed by atoms with Crippen LogP contribution in [0.3, 0.4) is 0 Å². The van der Waals surface area contributed by atoms with E-state index in [9.17, 15) is 43.2 Å². The van der Waals surface area contributed by atoms with Gasteiger partial charge in [0.1, 0.15) is 42.3 Å². The van der Waals surface area contributed by atoms with E-state index >= 15 is 0 Å². The monoisotopic (exact) mass is 1050 g/mol. The molecule has 2 aromatic carbocycles. The second-order valence-corrected chi connectivity index (χ2v) is 19.7. The minimum Gasteiger partial charge on any atom is -0.370 e. The molecule has 4 rings (SSSR count). The number of nitrogens with two attached hydrogens (primary N) is 6. The van der Waals surface area contributed by atoms with Crippen molar-refractivity contribution < 1.29 is 43.2 Å². The van der Waals surface area contributed by atoms with Crippen LogP contribution < -0.4 is 71.6 Å². The first-order valence-electron chi connectivity index (χ1n) is 23.4. The average molecular weight is 1050 g/mol. The summed E-state index contributed by atoms with van der Waals surface area (Å²) in [6.07, 6.45) is 1.10. The SMILES string of the molecule is CC(=O)N[C@@H](CCCN=C(N)N)C(=O)N[C@H]1CCSSC[C@@H](C(N)=O)NC(=O)[C@H](Cc2c[nH]c3ccccc23)NC(=O)[C@H](CCCN=C(N)N)NC(=O)[C@@H](Cc2ccccc2)NC(=O)[C@@H](CCC(N)=O)NC1=O. The number of para-hydroxylation sites is 1. The van der Waals surface area contributed by atoms with Crippen LogP contribution in [-0.4, -0.2) is 137 Å². The molecule has 27 heteroatoms. The van der Waals surface area contributed by atoms with Gasteiger partial charge in [-0.05, 0) is 55.7 Å². The van der Waals surface area contributed by atoms with E-state index in [1.54, 1.807) is 36.5 Å². The van der Waals surface area contributed by atoms with Gasteiger partial charge in [-0.15, -0.1) is 0 Å². The summed E-state index contributed by atoms with van der Waals surface area (Å²) in [5, 5.41) is 19.4. The third-order valence-corrected chi connectivity index (χ3v) is 13.7. The maximum absolute atomic E-state index is 14.5. The number of aromatic nitrogens is 1. The number of aromatic amines is 1. The standard InChI is InChI=1S/C46H66N16O9S2/c1-25(63)56-30(13-7-18-53-45(49)50)39(66)59-33-17-20-72-73-24-36(38(48)65)62-44(71)35(22-27-23-55-29-12-6-5-11-28(27)29)61-40(67)31(14-8-19-54-46(51)52)57-43(70)34(21-26-9-3-2-4-10-26)60-41(68)32(58-42(33)69)15-16-37(47)64/h2-6,9-12,23,30-36,55H,7-8,13-22,24H2,1H3,(H2,47,64)(H2,48,65)(H,56,63)(H,57,70)(H,58,69)(H,59,66)(H,60,68)(H,61,67)(H,62,71)(H4,49,50,53)(H4,51,52,54)/t30-,31-,32+,33-,34+,35-,36-/m0/s1. The molecule has 1 saturated heterocycles. The van der Waals surface area contributed by atoms with Gasteiger partial charge in [0, 0.05) is 67.9 Å². The highest BCUT2D eigenvalue weighted by Gasteiger charge is 2.35. The van der Waals surface area contributed by atoms with Crippen LogP contribution in [0.1, 0.15) is 63.0 Å². The van der Waals surface area contributed by atoms with Crippen molar-refractivity contribution in [2.45, 2.75) is 107 Å². The quantitative estimate of drug-likeness (QED) is 0.0246. The van der Waals surface area contributed by atoms with Crippen molar-refractivity contribution in [1.29, 1.82) is 0 Å². The Kier molecular flexibility index (Phi) is 23.6. The lowest BCUT2D eigenvalue weighted by atomic mass is 10.0. The van der Waals surface area contributed by atoms with Crippen LogP contribution >= 0.6 is 21.6 Å². The third-order valence-electron chi connectivity index (χ3n) is 11.3. The van der Waals surface area contributed by atoms with Crippen LogP contribution in [-0.2, 0) is 56.0 Å². The largest absolute Gasteiger partial charge is 0.370 e. The highest BCUT2D eigenvalue weighted by atomic mass is 33.1. The number of rotatable bonds is 19. The minimum absolute atomic E-state index is 0.0530. The summed E-state index contributed by atoms with van der Waals surface area (Å²) >= 11 is 0. The van der Waals surface area contributed by atoms with Crippen LogP contribution in [0.2, 0.25) is 0 Å². The molecule has 7 atom stereocenters. The smallest absolute Gasteiger partial charge is 0.243 e. The van der Waals surface area contributed by atoms with Crippen LogP contribution in [0, 0.1) is 0 Å². The molecule has 1 fully saturated rings. The Morgan fingerprint density at radius 2 is 1.26 bits per heavy atom. The summed E-state index contributed by atoms with van der Waals surface area (Å²) < 4.78 is 0. The van der Waals surface area contributed by atoms with E-state index in [-0.39, 0.29) is 94.3 Å². The lowest BCUT2D eigenvalue weighted by Crippen LogP contribution is -2.60. The van der Waals surface area contributed by atoms with E-state index in [1.165, 1.54) is 17.7 Å². The van der Waals surface area contributed by atoms with Crippen LogP contribution in [0.25, 0.3) is 10.9 Å². The summed E-state index contributed by atoms with van der Waals surface area (Å²) in [5.41, 5.74) is 35.3. The van der Waals surface area contributed by atoms with Crippen molar-refractivity contribution in [2.24, 2.45) is 44.4 Å². The molecule has 20 N–H and O–H groups in total. The van der Waals surface area contributed by atoms with Gasteiger partial charge < -0.3 is 76.6 Å². The Morgan fingerprint density at radius 3 is 1.90 bits per heavy atom. The Balaban J connectivity index is 1.78. The van der Waals surface area contributed by atoms with Gasteiger partial charge in [0.05, 0.1) is 0 Å². The molecule has 73 heavy (non-hydrogen) atoms. The first kappa shape index (κ1) is 58.0. The topological polar surface area (TPSA) is 434 Å². The van der Waals surface area contributed by atoms with Crippen molar-refractivity contribution >= 4 is 97.6 Å². The number of hydrogen-bond acceptors (Lipinski definition) is 13. The Labute approximate surface area is 429 Å². The maximum Gasteiger partial charge on any atom is 0.243 e. The van der Waals surface area contributed by atoms with Crippen molar-refractivity contribution in [3.8, 4) is 0 Å². The summed E-state index contributed by atoms with van der Waals surface area (Å²) in [7, 11) is 2.28. The predicted octanol–water partition coefficient (Wildman–Crippen LogP) is -2.99. The van der Waals surface area contributed by atoms with Crippen molar-refractivity contribution in [3.05, 3.63) is 71.9 Å². The third kappa shape index (κ3) is 20.2. The van der Waals surface area contributed by atoms with Gasteiger partial charge in [-0.2, -0.15) is 0 Å². The number of benzene rings is 2. The van der Waals surface area contributed by atoms with E-state index < -0.39 is 95.5 Å². The fraction of sp³-hybridized carbons (Fsp3) is 0.457. The van der Waals surface area contributed by atoms with Gasteiger partial charge in [-0.1, -0.05) is 70.1 Å². The highest BCUT2D eigenvalue weighted by Crippen LogP contribution is 2.24. The first-order valence-corrected chi connectivity index (χ1v) is 25.9. The molecule has 0 radical (unpaired) electrons. The van der Waals surface area contributed by atoms with Crippen LogP contribution in [0.4, 0.5) is 0 Å². The molecule has 0 aliphatic carbocycles. The predicted molar refractivity (Wildman–Crippen MR) is 278 cm³/mol. The molecule has 1 aromatic heterocycles. The van der Waals surface area contributed by atoms with Crippen molar-refractivity contribution in [1.82, 2.24) is 42.2 Å².